The molecule has 1 aromatic heterocycles. The minimum Gasteiger partial charge on any atom is -0.469 e. The molecule has 3 atom stereocenters. The monoisotopic (exact) mass is 371 g/mol. The van der Waals surface area contributed by atoms with Gasteiger partial charge in [-0.1, -0.05) is 30.3 Å². The van der Waals surface area contributed by atoms with Crippen LogP contribution in [0.4, 0.5) is 0 Å². The molecule has 1 aromatic carbocycles. The van der Waals surface area contributed by atoms with Crippen LogP contribution in [0.1, 0.15) is 43.6 Å². The third-order valence-electron chi connectivity index (χ3n) is 4.92. The topological polar surface area (TPSA) is 49.6 Å². The zero-order valence-electron chi connectivity index (χ0n) is 15.7. The highest BCUT2D eigenvalue weighted by molar-refractivity contribution is 7.99. The minimum absolute atomic E-state index is 0.212. The van der Waals surface area contributed by atoms with Crippen LogP contribution in [-0.2, 0) is 6.42 Å². The first-order valence-corrected chi connectivity index (χ1v) is 10.7. The fourth-order valence-electron chi connectivity index (χ4n) is 3.37. The second-order valence-corrected chi connectivity index (χ2v) is 7.99. The average Bonchev–Trinajstić information content (AvgIpc) is 3.34. The summed E-state index contributed by atoms with van der Waals surface area (Å²) in [5.74, 6) is 1.88. The summed E-state index contributed by atoms with van der Waals surface area (Å²) in [7, 11) is 0. The van der Waals surface area contributed by atoms with Gasteiger partial charge in [-0.2, -0.15) is 11.8 Å². The average molecular weight is 372 g/mol. The Morgan fingerprint density at radius 3 is 2.77 bits per heavy atom. The lowest BCUT2D eigenvalue weighted by Crippen LogP contribution is -2.43. The van der Waals surface area contributed by atoms with Crippen molar-refractivity contribution in [2.75, 3.05) is 12.8 Å². The quantitative estimate of drug-likeness (QED) is 0.559. The van der Waals surface area contributed by atoms with Gasteiger partial charge in [0.25, 0.3) is 0 Å². The largest absolute Gasteiger partial charge is 0.469 e. The molecule has 4 nitrogen and oxygen atoms in total. The van der Waals surface area contributed by atoms with Crippen molar-refractivity contribution >= 4 is 17.7 Å². The van der Waals surface area contributed by atoms with Gasteiger partial charge in [-0.05, 0) is 50.1 Å². The zero-order chi connectivity index (χ0) is 18.2. The first-order valence-electron chi connectivity index (χ1n) is 9.42. The second-order valence-electron chi connectivity index (χ2n) is 6.85. The van der Waals surface area contributed by atoms with Gasteiger partial charge in [0, 0.05) is 24.3 Å². The summed E-state index contributed by atoms with van der Waals surface area (Å²) in [5.41, 5.74) is 1.27. The van der Waals surface area contributed by atoms with Crippen molar-refractivity contribution in [2.45, 2.75) is 49.9 Å². The van der Waals surface area contributed by atoms with Crippen molar-refractivity contribution in [3.05, 3.63) is 60.1 Å². The molecule has 5 heteroatoms. The molecule has 0 amide bonds. The van der Waals surface area contributed by atoms with Gasteiger partial charge in [0.15, 0.2) is 5.96 Å². The van der Waals surface area contributed by atoms with Gasteiger partial charge in [-0.25, -0.2) is 0 Å². The van der Waals surface area contributed by atoms with E-state index in [1.807, 2.05) is 30.0 Å². The molecule has 3 unspecified atom stereocenters. The molecule has 0 bridgehead atoms. The standard InChI is InChI=1S/C21H29N3OS/c1-16(17-7-4-3-5-8-17)23-21(22-13-12-19-9-6-14-25-19)24-18-10-11-20(15-18)26-2/h3-9,14,16,18,20H,10-13,15H2,1-2H3,(H2,22,23,24). The van der Waals surface area contributed by atoms with E-state index in [9.17, 15) is 0 Å². The zero-order valence-corrected chi connectivity index (χ0v) is 16.5. The molecule has 1 fully saturated rings. The normalized spacial score (nSPS) is 21.5. The second kappa shape index (κ2) is 9.72. The lowest BCUT2D eigenvalue weighted by atomic mass is 10.1. The molecular formula is C21H29N3OS. The van der Waals surface area contributed by atoms with E-state index in [0.717, 1.165) is 23.4 Å². The summed E-state index contributed by atoms with van der Waals surface area (Å²) in [6.45, 7) is 2.89. The van der Waals surface area contributed by atoms with Gasteiger partial charge in [0.05, 0.1) is 12.3 Å². The van der Waals surface area contributed by atoms with Crippen LogP contribution in [0.5, 0.6) is 0 Å². The highest BCUT2D eigenvalue weighted by Crippen LogP contribution is 2.28. The molecule has 2 aromatic rings. The smallest absolute Gasteiger partial charge is 0.191 e. The summed E-state index contributed by atoms with van der Waals surface area (Å²) in [5, 5.41) is 8.00. The van der Waals surface area contributed by atoms with Crippen molar-refractivity contribution in [1.29, 1.82) is 0 Å². The first-order chi connectivity index (χ1) is 12.7. The summed E-state index contributed by atoms with van der Waals surface area (Å²) in [4.78, 5) is 4.81. The van der Waals surface area contributed by atoms with Gasteiger partial charge in [0.2, 0.25) is 0 Å². The van der Waals surface area contributed by atoms with Crippen LogP contribution in [0.25, 0.3) is 0 Å². The van der Waals surface area contributed by atoms with Gasteiger partial charge in [-0.3, -0.25) is 4.99 Å². The van der Waals surface area contributed by atoms with E-state index < -0.39 is 0 Å². The molecule has 1 aliphatic rings. The number of hydrogen-bond donors (Lipinski definition) is 2. The van der Waals surface area contributed by atoms with Crippen molar-refractivity contribution in [1.82, 2.24) is 10.6 Å². The number of aliphatic imine (C=N–C) groups is 1. The summed E-state index contributed by atoms with van der Waals surface area (Å²) >= 11 is 1.98. The highest BCUT2D eigenvalue weighted by Gasteiger charge is 2.25. The number of hydrogen-bond acceptors (Lipinski definition) is 3. The summed E-state index contributed by atoms with van der Waals surface area (Å²) < 4.78 is 5.41. The van der Waals surface area contributed by atoms with Crippen LogP contribution in [-0.4, -0.2) is 30.1 Å². The Hall–Kier alpha value is -1.88. The van der Waals surface area contributed by atoms with E-state index in [-0.39, 0.29) is 6.04 Å². The number of guanidine groups is 1. The Bertz CT molecular complexity index is 672. The fourth-order valence-corrected chi connectivity index (χ4v) is 4.17. The molecule has 0 spiro atoms. The SMILES string of the molecule is CSC1CCC(NC(=NCCc2ccco2)NC(C)c2ccccc2)C1. The molecule has 3 rings (SSSR count). The molecule has 2 N–H and O–H groups in total. The lowest BCUT2D eigenvalue weighted by Gasteiger charge is -2.22. The fraction of sp³-hybridized carbons (Fsp3) is 0.476. The predicted octanol–water partition coefficient (Wildman–Crippen LogP) is 4.40. The number of rotatable bonds is 7. The molecule has 1 heterocycles. The molecule has 140 valence electrons. The number of benzene rings is 1. The Balaban J connectivity index is 1.62. The number of nitrogens with one attached hydrogen (secondary N) is 2. The van der Waals surface area contributed by atoms with E-state index in [4.69, 9.17) is 9.41 Å². The summed E-state index contributed by atoms with van der Waals surface area (Å²) in [6, 6.07) is 15.2. The highest BCUT2D eigenvalue weighted by atomic mass is 32.2. The number of furan rings is 1. The van der Waals surface area contributed by atoms with Gasteiger partial charge in [-0.15, -0.1) is 0 Å². The first kappa shape index (κ1) is 18.9. The van der Waals surface area contributed by atoms with Gasteiger partial charge in [0.1, 0.15) is 5.76 Å². The number of thioether (sulfide) groups is 1. The lowest BCUT2D eigenvalue weighted by molar-refractivity contribution is 0.510. The van der Waals surface area contributed by atoms with Crippen molar-refractivity contribution in [2.24, 2.45) is 4.99 Å². The van der Waals surface area contributed by atoms with Gasteiger partial charge >= 0.3 is 0 Å². The van der Waals surface area contributed by atoms with E-state index in [1.165, 1.54) is 24.8 Å². The van der Waals surface area contributed by atoms with Crippen LogP contribution in [0.3, 0.4) is 0 Å². The number of nitrogens with zero attached hydrogens (tertiary/aromatic N) is 1. The van der Waals surface area contributed by atoms with E-state index >= 15 is 0 Å². The van der Waals surface area contributed by atoms with E-state index in [1.54, 1.807) is 6.26 Å². The predicted molar refractivity (Wildman–Crippen MR) is 111 cm³/mol. The maximum atomic E-state index is 5.41. The maximum Gasteiger partial charge on any atom is 0.191 e. The van der Waals surface area contributed by atoms with Crippen molar-refractivity contribution < 1.29 is 4.42 Å². The molecule has 0 aliphatic heterocycles. The molecule has 0 radical (unpaired) electrons. The summed E-state index contributed by atoms with van der Waals surface area (Å²) in [6.07, 6.45) is 8.45. The van der Waals surface area contributed by atoms with Crippen LogP contribution >= 0.6 is 11.8 Å². The van der Waals surface area contributed by atoms with Crippen LogP contribution in [0, 0.1) is 0 Å². The Morgan fingerprint density at radius 2 is 2.08 bits per heavy atom. The molecule has 1 aliphatic carbocycles. The van der Waals surface area contributed by atoms with Gasteiger partial charge < -0.3 is 15.1 Å². The maximum absolute atomic E-state index is 5.41. The minimum atomic E-state index is 0.212. The third-order valence-corrected chi connectivity index (χ3v) is 6.01. The van der Waals surface area contributed by atoms with Crippen LogP contribution in [0.15, 0.2) is 58.1 Å². The third kappa shape index (κ3) is 5.56. The molecule has 26 heavy (non-hydrogen) atoms. The van der Waals surface area contributed by atoms with E-state index in [2.05, 4.69) is 48.1 Å². The molecular weight excluding hydrogens is 342 g/mol. The molecule has 1 saturated carbocycles. The van der Waals surface area contributed by atoms with Crippen molar-refractivity contribution in [3.63, 3.8) is 0 Å². The van der Waals surface area contributed by atoms with Crippen molar-refractivity contribution in [3.8, 4) is 0 Å². The Kier molecular flexibility index (Phi) is 7.06. The van der Waals surface area contributed by atoms with E-state index in [0.29, 0.717) is 12.6 Å². The van der Waals surface area contributed by atoms with Crippen LogP contribution in [0.2, 0.25) is 0 Å². The van der Waals surface area contributed by atoms with Crippen LogP contribution < -0.4 is 10.6 Å². The Morgan fingerprint density at radius 1 is 1.23 bits per heavy atom. The molecule has 0 saturated heterocycles. The Labute approximate surface area is 160 Å².